The standard InChI is InChI=1S/C21H20F2N4O5S/c22-15-3-6-18(17(23)13-15)33(31,32)26-11-9-25(10-12-26)21(30)14-1-4-16(5-2-14)27-20(29)8-7-19(28)24-27/h1-6,13H,7-12H2,(H,24,28). The van der Waals surface area contributed by atoms with E-state index in [4.69, 9.17) is 0 Å². The number of nitrogens with zero attached hydrogens (tertiary/aromatic N) is 3. The van der Waals surface area contributed by atoms with Gasteiger partial charge in [-0.05, 0) is 36.4 Å². The van der Waals surface area contributed by atoms with Crippen molar-refractivity contribution in [2.45, 2.75) is 17.7 Å². The summed E-state index contributed by atoms with van der Waals surface area (Å²) in [4.78, 5) is 37.2. The topological polar surface area (TPSA) is 107 Å². The van der Waals surface area contributed by atoms with Crippen molar-refractivity contribution in [2.75, 3.05) is 31.2 Å². The lowest BCUT2D eigenvalue weighted by molar-refractivity contribution is -0.130. The number of anilines is 1. The number of carbonyl (C=O) groups excluding carboxylic acids is 3. The summed E-state index contributed by atoms with van der Waals surface area (Å²) in [7, 11) is -4.17. The van der Waals surface area contributed by atoms with Crippen LogP contribution in [0.2, 0.25) is 0 Å². The summed E-state index contributed by atoms with van der Waals surface area (Å²) in [5.74, 6) is -2.91. The van der Waals surface area contributed by atoms with E-state index in [1.54, 1.807) is 0 Å². The van der Waals surface area contributed by atoms with E-state index in [2.05, 4.69) is 5.43 Å². The third-order valence-corrected chi connectivity index (χ3v) is 7.39. The molecule has 0 saturated carbocycles. The van der Waals surface area contributed by atoms with Crippen molar-refractivity contribution in [1.82, 2.24) is 14.6 Å². The summed E-state index contributed by atoms with van der Waals surface area (Å²) in [6, 6.07) is 8.38. The average Bonchev–Trinajstić information content (AvgIpc) is 2.80. The van der Waals surface area contributed by atoms with Gasteiger partial charge in [0.1, 0.15) is 16.5 Å². The molecule has 1 N–H and O–H groups in total. The summed E-state index contributed by atoms with van der Waals surface area (Å²) in [6.07, 6.45) is 0.225. The molecule has 0 atom stereocenters. The summed E-state index contributed by atoms with van der Waals surface area (Å²) in [5.41, 5.74) is 3.22. The van der Waals surface area contributed by atoms with Gasteiger partial charge in [0, 0.05) is 50.7 Å². The highest BCUT2D eigenvalue weighted by Crippen LogP contribution is 2.23. The first-order valence-electron chi connectivity index (χ1n) is 10.1. The van der Waals surface area contributed by atoms with Crippen LogP contribution in [0.5, 0.6) is 0 Å². The van der Waals surface area contributed by atoms with Gasteiger partial charge >= 0.3 is 0 Å². The van der Waals surface area contributed by atoms with Crippen LogP contribution >= 0.6 is 0 Å². The highest BCUT2D eigenvalue weighted by Gasteiger charge is 2.32. The number of halogens is 2. The molecule has 2 saturated heterocycles. The number of carbonyl (C=O) groups is 3. The summed E-state index contributed by atoms with van der Waals surface area (Å²) in [6.45, 7) is 0.0845. The Bertz CT molecular complexity index is 1210. The Labute approximate surface area is 188 Å². The first-order valence-corrected chi connectivity index (χ1v) is 11.6. The number of hydrogen-bond donors (Lipinski definition) is 1. The minimum absolute atomic E-state index is 0.0444. The second-order valence-corrected chi connectivity index (χ2v) is 9.49. The van der Waals surface area contributed by atoms with Gasteiger partial charge < -0.3 is 4.90 Å². The zero-order chi connectivity index (χ0) is 23.8. The number of hydrogen-bond acceptors (Lipinski definition) is 5. The predicted molar refractivity (Wildman–Crippen MR) is 112 cm³/mol. The van der Waals surface area contributed by atoms with Crippen LogP contribution in [-0.4, -0.2) is 61.5 Å². The van der Waals surface area contributed by atoms with Gasteiger partial charge in [-0.3, -0.25) is 19.8 Å². The third-order valence-electron chi connectivity index (χ3n) is 5.46. The summed E-state index contributed by atoms with van der Waals surface area (Å²) < 4.78 is 53.6. The fraction of sp³-hybridized carbons (Fsp3) is 0.286. The molecule has 12 heteroatoms. The van der Waals surface area contributed by atoms with Gasteiger partial charge in [-0.25, -0.2) is 22.2 Å². The Balaban J connectivity index is 1.41. The van der Waals surface area contributed by atoms with Crippen LogP contribution in [-0.2, 0) is 19.6 Å². The lowest BCUT2D eigenvalue weighted by Gasteiger charge is -2.34. The van der Waals surface area contributed by atoms with E-state index in [0.717, 1.165) is 21.4 Å². The minimum Gasteiger partial charge on any atom is -0.336 e. The summed E-state index contributed by atoms with van der Waals surface area (Å²) in [5, 5.41) is 1.14. The molecule has 9 nitrogen and oxygen atoms in total. The zero-order valence-corrected chi connectivity index (χ0v) is 18.1. The fourth-order valence-electron chi connectivity index (χ4n) is 3.67. The van der Waals surface area contributed by atoms with Crippen molar-refractivity contribution in [3.8, 4) is 0 Å². The van der Waals surface area contributed by atoms with E-state index >= 15 is 0 Å². The van der Waals surface area contributed by atoms with Crippen LogP contribution in [0.25, 0.3) is 0 Å². The molecule has 3 amide bonds. The lowest BCUT2D eigenvalue weighted by atomic mass is 10.1. The molecule has 0 bridgehead atoms. The van der Waals surface area contributed by atoms with Crippen LogP contribution in [0.3, 0.4) is 0 Å². The molecular formula is C21H20F2N4O5S. The molecule has 0 aliphatic carbocycles. The number of sulfonamides is 1. The fourth-order valence-corrected chi connectivity index (χ4v) is 5.14. The highest BCUT2D eigenvalue weighted by atomic mass is 32.2. The molecule has 33 heavy (non-hydrogen) atoms. The zero-order valence-electron chi connectivity index (χ0n) is 17.3. The maximum atomic E-state index is 14.0. The van der Waals surface area contributed by atoms with E-state index in [1.165, 1.54) is 29.2 Å². The molecular weight excluding hydrogens is 458 g/mol. The minimum atomic E-state index is -4.17. The van der Waals surface area contributed by atoms with E-state index in [1.807, 2.05) is 0 Å². The molecule has 2 fully saturated rings. The quantitative estimate of drug-likeness (QED) is 0.712. The maximum Gasteiger partial charge on any atom is 0.253 e. The van der Waals surface area contributed by atoms with Crippen LogP contribution in [0.1, 0.15) is 23.2 Å². The van der Waals surface area contributed by atoms with Crippen LogP contribution in [0.15, 0.2) is 47.4 Å². The Hall–Kier alpha value is -3.38. The normalized spacial score (nSPS) is 17.8. The van der Waals surface area contributed by atoms with Crippen molar-refractivity contribution in [3.05, 3.63) is 59.7 Å². The largest absolute Gasteiger partial charge is 0.336 e. The molecule has 0 spiro atoms. The number of amides is 3. The van der Waals surface area contributed by atoms with Crippen molar-refractivity contribution >= 4 is 33.4 Å². The first-order chi connectivity index (χ1) is 15.7. The molecule has 0 radical (unpaired) electrons. The number of hydrazine groups is 1. The second-order valence-electron chi connectivity index (χ2n) is 7.58. The molecule has 0 aromatic heterocycles. The number of benzene rings is 2. The first kappa shape index (κ1) is 22.8. The van der Waals surface area contributed by atoms with Crippen LogP contribution < -0.4 is 10.4 Å². The molecule has 2 heterocycles. The van der Waals surface area contributed by atoms with Gasteiger partial charge in [0.25, 0.3) is 5.91 Å². The van der Waals surface area contributed by atoms with E-state index < -0.39 is 26.6 Å². The number of piperazine rings is 1. The van der Waals surface area contributed by atoms with Crippen molar-refractivity contribution in [3.63, 3.8) is 0 Å². The smallest absolute Gasteiger partial charge is 0.253 e. The molecule has 2 aliphatic heterocycles. The number of rotatable bonds is 4. The molecule has 174 valence electrons. The van der Waals surface area contributed by atoms with Gasteiger partial charge in [0.05, 0.1) is 5.69 Å². The predicted octanol–water partition coefficient (Wildman–Crippen LogP) is 1.27. The van der Waals surface area contributed by atoms with Gasteiger partial charge in [-0.15, -0.1) is 0 Å². The second kappa shape index (κ2) is 8.87. The van der Waals surface area contributed by atoms with E-state index in [-0.39, 0.29) is 56.7 Å². The Morgan fingerprint density at radius 1 is 0.909 bits per heavy atom. The monoisotopic (exact) mass is 478 g/mol. The van der Waals surface area contributed by atoms with Gasteiger partial charge in [0.2, 0.25) is 21.8 Å². The molecule has 2 aromatic rings. The van der Waals surface area contributed by atoms with E-state index in [9.17, 15) is 31.6 Å². The van der Waals surface area contributed by atoms with Crippen LogP contribution in [0.4, 0.5) is 14.5 Å². The average molecular weight is 478 g/mol. The Morgan fingerprint density at radius 3 is 2.21 bits per heavy atom. The van der Waals surface area contributed by atoms with Crippen molar-refractivity contribution < 1.29 is 31.6 Å². The van der Waals surface area contributed by atoms with Gasteiger partial charge in [-0.1, -0.05) is 0 Å². The third kappa shape index (κ3) is 4.57. The highest BCUT2D eigenvalue weighted by molar-refractivity contribution is 7.89. The number of nitrogens with one attached hydrogen (secondary N) is 1. The molecule has 2 aliphatic rings. The van der Waals surface area contributed by atoms with Crippen LogP contribution in [0, 0.1) is 11.6 Å². The Morgan fingerprint density at radius 2 is 1.58 bits per heavy atom. The van der Waals surface area contributed by atoms with Crippen molar-refractivity contribution in [1.29, 1.82) is 0 Å². The molecule has 0 unspecified atom stereocenters. The lowest BCUT2D eigenvalue weighted by Crippen LogP contribution is -2.51. The maximum absolute atomic E-state index is 14.0. The van der Waals surface area contributed by atoms with Gasteiger partial charge in [0.15, 0.2) is 0 Å². The van der Waals surface area contributed by atoms with Crippen molar-refractivity contribution in [2.24, 2.45) is 0 Å². The van der Waals surface area contributed by atoms with E-state index in [0.29, 0.717) is 17.3 Å². The SMILES string of the molecule is O=C1CCC(=O)N(c2ccc(C(=O)N3CCN(S(=O)(=O)c4ccc(F)cc4F)CC3)cc2)N1. The molecule has 2 aromatic carbocycles. The molecule has 4 rings (SSSR count). The summed E-state index contributed by atoms with van der Waals surface area (Å²) >= 11 is 0. The Kier molecular flexibility index (Phi) is 6.13. The van der Waals surface area contributed by atoms with Gasteiger partial charge in [-0.2, -0.15) is 4.31 Å².